The van der Waals surface area contributed by atoms with Crippen molar-refractivity contribution in [3.8, 4) is 0 Å². The molecule has 0 saturated carbocycles. The Bertz CT molecular complexity index is 153. The van der Waals surface area contributed by atoms with Crippen LogP contribution in [0.4, 0.5) is 0 Å². The molecule has 0 aromatic rings. The average molecular weight is 166 g/mol. The molecule has 0 aliphatic carbocycles. The predicted octanol–water partition coefficient (Wildman–Crippen LogP) is 2.38. The van der Waals surface area contributed by atoms with Crippen molar-refractivity contribution in [2.24, 2.45) is 0 Å². The Kier molecular flexibility index (Phi) is 0.730. The van der Waals surface area contributed by atoms with Gasteiger partial charge in [0, 0.05) is 0 Å². The molecule has 4 aliphatic rings. The molecule has 0 atom stereocenters. The van der Waals surface area contributed by atoms with Crippen molar-refractivity contribution in [2.75, 3.05) is 12.3 Å². The summed E-state index contributed by atoms with van der Waals surface area (Å²) in [4.78, 5) is 0. The molecule has 0 radical (unpaired) electrons. The van der Waals surface area contributed by atoms with E-state index in [1.807, 2.05) is 0 Å². The zero-order valence-electron chi connectivity index (χ0n) is 4.95. The number of hydrogen-bond acceptors (Lipinski definition) is 3. The molecule has 1 spiro atoms. The van der Waals surface area contributed by atoms with Crippen LogP contribution in [-0.2, 0) is 12.9 Å². The second kappa shape index (κ2) is 1.22. The van der Waals surface area contributed by atoms with E-state index >= 15 is 0 Å². The first-order valence-electron chi connectivity index (χ1n) is 3.23. The van der Waals surface area contributed by atoms with E-state index in [0.29, 0.717) is 0 Å². The second-order valence-corrected chi connectivity index (χ2v) is 8.59. The van der Waals surface area contributed by atoms with E-state index in [-0.39, 0.29) is 0 Å². The van der Waals surface area contributed by atoms with E-state index in [1.54, 1.807) is 0 Å². The van der Waals surface area contributed by atoms with Crippen LogP contribution in [0.5, 0.6) is 0 Å². The summed E-state index contributed by atoms with van der Waals surface area (Å²) in [5.41, 5.74) is 0. The van der Waals surface area contributed by atoms with E-state index < -0.39 is 15.9 Å². The van der Waals surface area contributed by atoms with Gasteiger partial charge in [0.1, 0.15) is 0 Å². The third-order valence-corrected chi connectivity index (χ3v) is 10.5. The summed E-state index contributed by atoms with van der Waals surface area (Å²) in [5.74, 6) is 0. The first-order chi connectivity index (χ1) is 4.31. The van der Waals surface area contributed by atoms with E-state index in [2.05, 4.69) is 0 Å². The summed E-state index contributed by atoms with van der Waals surface area (Å²) in [6.45, 7) is 0. The van der Waals surface area contributed by atoms with E-state index in [9.17, 15) is 0 Å². The minimum atomic E-state index is -2.16. The normalized spacial score (nSPS) is 52.9. The molecule has 4 heterocycles. The Balaban J connectivity index is 1.99. The molecule has 0 unspecified atom stereocenters. The monoisotopic (exact) mass is 166 g/mol. The van der Waals surface area contributed by atoms with Crippen molar-refractivity contribution in [1.29, 1.82) is 0 Å². The van der Waals surface area contributed by atoms with Gasteiger partial charge >= 0.3 is 54.0 Å². The van der Waals surface area contributed by atoms with Gasteiger partial charge in [0.05, 0.1) is 0 Å². The van der Waals surface area contributed by atoms with Crippen LogP contribution in [0.25, 0.3) is 0 Å². The Labute approximate surface area is 54.8 Å². The molecular weight excluding hydrogens is 158 g/mol. The zero-order valence-corrected chi connectivity index (χ0v) is 6.74. The quantitative estimate of drug-likeness (QED) is 0.517. The van der Waals surface area contributed by atoms with Crippen molar-refractivity contribution in [3.05, 3.63) is 0 Å². The van der Waals surface area contributed by atoms with Gasteiger partial charge in [-0.2, -0.15) is 0 Å². The molecule has 4 saturated heterocycles. The predicted molar refractivity (Wildman–Crippen MR) is 36.1 cm³/mol. The van der Waals surface area contributed by atoms with Crippen molar-refractivity contribution < 1.29 is 12.9 Å². The molecule has 2 bridgehead atoms. The van der Waals surface area contributed by atoms with Crippen LogP contribution in [0, 0.1) is 0 Å². The van der Waals surface area contributed by atoms with Crippen molar-refractivity contribution in [1.82, 2.24) is 0 Å². The fraction of sp³-hybridized carbons (Fsp3) is 1.00. The van der Waals surface area contributed by atoms with E-state index in [4.69, 9.17) is 12.9 Å². The summed E-state index contributed by atoms with van der Waals surface area (Å²) in [6, 6.07) is 0. The van der Waals surface area contributed by atoms with Crippen LogP contribution in [0.3, 0.4) is 0 Å². The zero-order chi connectivity index (χ0) is 5.97. The first-order valence-corrected chi connectivity index (χ1v) is 6.68. The Hall–Kier alpha value is 0.740. The van der Waals surface area contributed by atoms with Gasteiger partial charge < -0.3 is 0 Å². The maximum atomic E-state index is 5.51. The SMILES string of the molecule is C1CCP23(C1)OP(O2)O3. The minimum absolute atomic E-state index is 0.785. The van der Waals surface area contributed by atoms with Crippen molar-refractivity contribution in [3.63, 3.8) is 0 Å². The Morgan fingerprint density at radius 3 is 1.78 bits per heavy atom. The van der Waals surface area contributed by atoms with Gasteiger partial charge in [-0.3, -0.25) is 0 Å². The topological polar surface area (TPSA) is 27.7 Å². The fourth-order valence-electron chi connectivity index (χ4n) is 1.66. The summed E-state index contributed by atoms with van der Waals surface area (Å²) < 4.78 is 16.5. The van der Waals surface area contributed by atoms with Gasteiger partial charge in [0.2, 0.25) is 0 Å². The van der Waals surface area contributed by atoms with Gasteiger partial charge in [-0.15, -0.1) is 0 Å². The van der Waals surface area contributed by atoms with E-state index in [1.165, 1.54) is 12.8 Å². The van der Waals surface area contributed by atoms with Crippen molar-refractivity contribution in [2.45, 2.75) is 12.8 Å². The molecule has 4 fully saturated rings. The second-order valence-electron chi connectivity index (χ2n) is 2.84. The van der Waals surface area contributed by atoms with Crippen LogP contribution >= 0.6 is 15.9 Å². The molecule has 4 aliphatic heterocycles. The van der Waals surface area contributed by atoms with Gasteiger partial charge in [-0.25, -0.2) is 0 Å². The van der Waals surface area contributed by atoms with Gasteiger partial charge in [0.25, 0.3) is 0 Å². The average Bonchev–Trinajstić information content (AvgIpc) is 2.01. The Morgan fingerprint density at radius 1 is 1.00 bits per heavy atom. The van der Waals surface area contributed by atoms with Crippen LogP contribution in [0.1, 0.15) is 12.8 Å². The maximum absolute atomic E-state index is 5.51. The fourth-order valence-corrected chi connectivity index (χ4v) is 9.22. The molecular formula is C4H8O3P2. The standard InChI is InChI=1S/C4H8O3P2/c1-2-4-9(3-1)5-8(6-9)7-9/h1-4H2. The summed E-state index contributed by atoms with van der Waals surface area (Å²) in [5, 5.41) is 0. The molecule has 4 rings (SSSR count). The van der Waals surface area contributed by atoms with Gasteiger partial charge in [0.15, 0.2) is 0 Å². The van der Waals surface area contributed by atoms with Crippen molar-refractivity contribution >= 4 is 15.9 Å². The van der Waals surface area contributed by atoms with Crippen LogP contribution < -0.4 is 0 Å². The van der Waals surface area contributed by atoms with Gasteiger partial charge in [-0.05, 0) is 0 Å². The summed E-state index contributed by atoms with van der Waals surface area (Å²) in [6.07, 6.45) is 4.62. The van der Waals surface area contributed by atoms with E-state index in [0.717, 1.165) is 12.3 Å². The molecule has 5 heteroatoms. The summed E-state index contributed by atoms with van der Waals surface area (Å²) in [7, 11) is -2.95. The summed E-state index contributed by atoms with van der Waals surface area (Å²) >= 11 is 0. The third kappa shape index (κ3) is 0.449. The molecule has 52 valence electrons. The first kappa shape index (κ1) is 5.40. The third-order valence-electron chi connectivity index (χ3n) is 2.18. The van der Waals surface area contributed by atoms with Crippen LogP contribution in [-0.4, -0.2) is 12.3 Å². The van der Waals surface area contributed by atoms with Crippen LogP contribution in [0.15, 0.2) is 0 Å². The molecule has 9 heavy (non-hydrogen) atoms. The van der Waals surface area contributed by atoms with Crippen LogP contribution in [0.2, 0.25) is 0 Å². The number of hydrogen-bond donors (Lipinski definition) is 0. The molecule has 0 aromatic heterocycles. The Morgan fingerprint density at radius 2 is 1.56 bits per heavy atom. The number of rotatable bonds is 0. The van der Waals surface area contributed by atoms with Gasteiger partial charge in [-0.1, -0.05) is 0 Å². The molecule has 0 amide bonds. The molecule has 0 N–H and O–H groups in total. The molecule has 0 aromatic carbocycles. The molecule has 3 nitrogen and oxygen atoms in total.